The Labute approximate surface area is 108 Å². The molecule has 0 atom stereocenters. The molecule has 0 radical (unpaired) electrons. The van der Waals surface area contributed by atoms with Gasteiger partial charge in [-0.2, -0.15) is 0 Å². The van der Waals surface area contributed by atoms with Crippen LogP contribution in [0.5, 0.6) is 0 Å². The molecule has 4 heteroatoms. The molecule has 0 aromatic carbocycles. The van der Waals surface area contributed by atoms with Gasteiger partial charge in [-0.15, -0.1) is 0 Å². The van der Waals surface area contributed by atoms with Crippen molar-refractivity contribution < 1.29 is 9.21 Å². The highest BCUT2D eigenvalue weighted by Gasteiger charge is 2.29. The summed E-state index contributed by atoms with van der Waals surface area (Å²) in [4.78, 5) is 11.8. The van der Waals surface area contributed by atoms with Crippen LogP contribution < -0.4 is 11.1 Å². The molecule has 0 saturated heterocycles. The average Bonchev–Trinajstić information content (AvgIpc) is 2.82. The zero-order chi connectivity index (χ0) is 12.8. The smallest absolute Gasteiger partial charge is 0.221 e. The predicted molar refractivity (Wildman–Crippen MR) is 70.0 cm³/mol. The van der Waals surface area contributed by atoms with Gasteiger partial charge in [0.2, 0.25) is 5.91 Å². The highest BCUT2D eigenvalue weighted by molar-refractivity contribution is 5.77. The van der Waals surface area contributed by atoms with Crippen LogP contribution >= 0.6 is 0 Å². The summed E-state index contributed by atoms with van der Waals surface area (Å²) in [6, 6.07) is 3.77. The normalized spacial score (nSPS) is 18.5. The number of nitrogens with one attached hydrogen (secondary N) is 1. The topological polar surface area (TPSA) is 68.3 Å². The quantitative estimate of drug-likeness (QED) is 0.839. The van der Waals surface area contributed by atoms with Gasteiger partial charge >= 0.3 is 0 Å². The maximum absolute atomic E-state index is 11.8. The second-order valence-corrected chi connectivity index (χ2v) is 5.28. The SMILES string of the molecule is NC1(CC(=O)NCCc2ccco2)CCCCC1. The van der Waals surface area contributed by atoms with Crippen molar-refractivity contribution in [2.45, 2.75) is 50.5 Å². The third kappa shape index (κ3) is 3.88. The molecule has 3 N–H and O–H groups in total. The van der Waals surface area contributed by atoms with Crippen molar-refractivity contribution in [3.05, 3.63) is 24.2 Å². The van der Waals surface area contributed by atoms with E-state index in [1.165, 1.54) is 6.42 Å². The van der Waals surface area contributed by atoms with Crippen LogP contribution in [0, 0.1) is 0 Å². The minimum absolute atomic E-state index is 0.0611. The molecule has 1 heterocycles. The molecular formula is C14H22N2O2. The van der Waals surface area contributed by atoms with Crippen LogP contribution in [0.3, 0.4) is 0 Å². The summed E-state index contributed by atoms with van der Waals surface area (Å²) < 4.78 is 5.21. The third-order valence-corrected chi connectivity index (χ3v) is 3.64. The molecule has 1 saturated carbocycles. The van der Waals surface area contributed by atoms with Gasteiger partial charge in [-0.25, -0.2) is 0 Å². The Kier molecular flexibility index (Phi) is 4.42. The van der Waals surface area contributed by atoms with Crippen LogP contribution in [0.15, 0.2) is 22.8 Å². The summed E-state index contributed by atoms with van der Waals surface area (Å²) in [5, 5.41) is 2.91. The van der Waals surface area contributed by atoms with Crippen LogP contribution in [0.4, 0.5) is 0 Å². The molecule has 0 bridgehead atoms. The van der Waals surface area contributed by atoms with Gasteiger partial charge in [0.15, 0.2) is 0 Å². The highest BCUT2D eigenvalue weighted by Crippen LogP contribution is 2.28. The molecule has 18 heavy (non-hydrogen) atoms. The van der Waals surface area contributed by atoms with Gasteiger partial charge < -0.3 is 15.5 Å². The van der Waals surface area contributed by atoms with E-state index in [1.807, 2.05) is 12.1 Å². The van der Waals surface area contributed by atoms with Gasteiger partial charge in [0.05, 0.1) is 6.26 Å². The minimum Gasteiger partial charge on any atom is -0.469 e. The van der Waals surface area contributed by atoms with Crippen molar-refractivity contribution >= 4 is 5.91 Å². The Balaban J connectivity index is 1.68. The summed E-state index contributed by atoms with van der Waals surface area (Å²) in [7, 11) is 0. The number of carbonyl (C=O) groups excluding carboxylic acids is 1. The molecule has 2 rings (SSSR count). The van der Waals surface area contributed by atoms with E-state index < -0.39 is 0 Å². The molecule has 1 aliphatic rings. The molecule has 1 amide bonds. The first-order valence-electron chi connectivity index (χ1n) is 6.76. The summed E-state index contributed by atoms with van der Waals surface area (Å²) in [5.74, 6) is 0.960. The van der Waals surface area contributed by atoms with Gasteiger partial charge in [0, 0.05) is 24.9 Å². The monoisotopic (exact) mass is 250 g/mol. The zero-order valence-electron chi connectivity index (χ0n) is 10.8. The maximum atomic E-state index is 11.8. The Morgan fingerprint density at radius 2 is 2.17 bits per heavy atom. The highest BCUT2D eigenvalue weighted by atomic mass is 16.3. The van der Waals surface area contributed by atoms with Crippen molar-refractivity contribution in [1.29, 1.82) is 0 Å². The lowest BCUT2D eigenvalue weighted by atomic mass is 9.80. The number of amides is 1. The van der Waals surface area contributed by atoms with E-state index in [9.17, 15) is 4.79 Å². The van der Waals surface area contributed by atoms with Crippen LogP contribution in [0.25, 0.3) is 0 Å². The number of rotatable bonds is 5. The minimum atomic E-state index is -0.271. The second kappa shape index (κ2) is 6.05. The average molecular weight is 250 g/mol. The van der Waals surface area contributed by atoms with Crippen molar-refractivity contribution in [3.8, 4) is 0 Å². The van der Waals surface area contributed by atoms with Crippen LogP contribution in [0.1, 0.15) is 44.3 Å². The molecule has 0 aliphatic heterocycles. The molecule has 1 aromatic heterocycles. The Hall–Kier alpha value is -1.29. The Morgan fingerprint density at radius 1 is 1.39 bits per heavy atom. The molecule has 1 fully saturated rings. The molecule has 0 unspecified atom stereocenters. The summed E-state index contributed by atoms with van der Waals surface area (Å²) >= 11 is 0. The molecule has 100 valence electrons. The van der Waals surface area contributed by atoms with Gasteiger partial charge in [0.25, 0.3) is 0 Å². The number of hydrogen-bond acceptors (Lipinski definition) is 3. The van der Waals surface area contributed by atoms with Gasteiger partial charge in [-0.3, -0.25) is 4.79 Å². The lowest BCUT2D eigenvalue weighted by Gasteiger charge is -2.32. The van der Waals surface area contributed by atoms with Crippen molar-refractivity contribution in [3.63, 3.8) is 0 Å². The fraction of sp³-hybridized carbons (Fsp3) is 0.643. The third-order valence-electron chi connectivity index (χ3n) is 3.64. The van der Waals surface area contributed by atoms with E-state index >= 15 is 0 Å². The molecular weight excluding hydrogens is 228 g/mol. The van der Waals surface area contributed by atoms with Gasteiger partial charge in [0.1, 0.15) is 5.76 Å². The van der Waals surface area contributed by atoms with E-state index in [4.69, 9.17) is 10.2 Å². The fourth-order valence-electron chi connectivity index (χ4n) is 2.59. The zero-order valence-corrected chi connectivity index (χ0v) is 10.8. The van der Waals surface area contributed by atoms with Crippen molar-refractivity contribution in [2.24, 2.45) is 5.73 Å². The summed E-state index contributed by atoms with van der Waals surface area (Å²) in [6.07, 6.45) is 8.32. The Bertz CT molecular complexity index is 367. The van der Waals surface area contributed by atoms with Crippen molar-refractivity contribution in [2.75, 3.05) is 6.54 Å². The predicted octanol–water partition coefficient (Wildman–Crippen LogP) is 1.99. The Morgan fingerprint density at radius 3 is 2.83 bits per heavy atom. The van der Waals surface area contributed by atoms with Crippen LogP contribution in [-0.4, -0.2) is 18.0 Å². The lowest BCUT2D eigenvalue weighted by Crippen LogP contribution is -2.46. The maximum Gasteiger partial charge on any atom is 0.221 e. The van der Waals surface area contributed by atoms with Crippen LogP contribution in [0.2, 0.25) is 0 Å². The molecule has 4 nitrogen and oxygen atoms in total. The van der Waals surface area contributed by atoms with Crippen LogP contribution in [-0.2, 0) is 11.2 Å². The first kappa shape index (κ1) is 13.1. The standard InChI is InChI=1S/C14H22N2O2/c15-14(7-2-1-3-8-14)11-13(17)16-9-6-12-5-4-10-18-12/h4-5,10H,1-3,6-9,11,15H2,(H,16,17). The first-order valence-corrected chi connectivity index (χ1v) is 6.76. The number of nitrogens with two attached hydrogens (primary N) is 1. The largest absolute Gasteiger partial charge is 0.469 e. The van der Waals surface area contributed by atoms with E-state index in [-0.39, 0.29) is 11.4 Å². The van der Waals surface area contributed by atoms with Crippen molar-refractivity contribution in [1.82, 2.24) is 5.32 Å². The molecule has 1 aliphatic carbocycles. The van der Waals surface area contributed by atoms with E-state index in [2.05, 4.69) is 5.32 Å². The number of carbonyl (C=O) groups is 1. The number of hydrogen-bond donors (Lipinski definition) is 2. The molecule has 0 spiro atoms. The van der Waals surface area contributed by atoms with E-state index in [0.717, 1.165) is 37.9 Å². The lowest BCUT2D eigenvalue weighted by molar-refractivity contribution is -0.122. The van der Waals surface area contributed by atoms with E-state index in [1.54, 1.807) is 6.26 Å². The second-order valence-electron chi connectivity index (χ2n) is 5.28. The van der Waals surface area contributed by atoms with Gasteiger partial charge in [-0.05, 0) is 25.0 Å². The van der Waals surface area contributed by atoms with E-state index in [0.29, 0.717) is 13.0 Å². The number of furan rings is 1. The van der Waals surface area contributed by atoms with Gasteiger partial charge in [-0.1, -0.05) is 19.3 Å². The molecule has 1 aromatic rings. The summed E-state index contributed by atoms with van der Waals surface area (Å²) in [5.41, 5.74) is 5.98. The first-order chi connectivity index (χ1) is 8.68. The summed E-state index contributed by atoms with van der Waals surface area (Å²) in [6.45, 7) is 0.614. The fourth-order valence-corrected chi connectivity index (χ4v) is 2.59.